The number of hydrogen-bond acceptors (Lipinski definition) is 1. The Hall–Kier alpha value is -1.11. The summed E-state index contributed by atoms with van der Waals surface area (Å²) in [6.07, 6.45) is 1.57. The van der Waals surface area contributed by atoms with E-state index in [0.29, 0.717) is 30.0 Å². The maximum Gasteiger partial charge on any atom is 0.163 e. The first-order chi connectivity index (χ1) is 9.29. The van der Waals surface area contributed by atoms with E-state index in [1.54, 1.807) is 0 Å². The number of benzene rings is 1. The van der Waals surface area contributed by atoms with Gasteiger partial charge in [0.05, 0.1) is 0 Å². The molecule has 0 radical (unpaired) electrons. The van der Waals surface area contributed by atoms with Crippen molar-refractivity contribution in [3.05, 3.63) is 34.4 Å². The van der Waals surface area contributed by atoms with Crippen LogP contribution in [0.3, 0.4) is 0 Å². The van der Waals surface area contributed by atoms with Crippen molar-refractivity contribution in [3.63, 3.8) is 0 Å². The van der Waals surface area contributed by atoms with Crippen molar-refractivity contribution < 1.29 is 4.79 Å². The van der Waals surface area contributed by atoms with E-state index < -0.39 is 0 Å². The van der Waals surface area contributed by atoms with Gasteiger partial charge >= 0.3 is 0 Å². The molecule has 0 heterocycles. The van der Waals surface area contributed by atoms with E-state index in [-0.39, 0.29) is 0 Å². The molecule has 0 aliphatic carbocycles. The smallest absolute Gasteiger partial charge is 0.163 e. The average Bonchev–Trinajstić information content (AvgIpc) is 2.36. The largest absolute Gasteiger partial charge is 0.294 e. The first kappa shape index (κ1) is 16.9. The second kappa shape index (κ2) is 7.06. The summed E-state index contributed by atoms with van der Waals surface area (Å²) in [4.78, 5) is 12.6. The summed E-state index contributed by atoms with van der Waals surface area (Å²) < 4.78 is 0. The molecule has 1 aromatic rings. The van der Waals surface area contributed by atoms with Crippen LogP contribution in [0.5, 0.6) is 0 Å². The first-order valence-corrected chi connectivity index (χ1v) is 8.00. The maximum absolute atomic E-state index is 12.6. The van der Waals surface area contributed by atoms with E-state index in [1.807, 2.05) is 0 Å². The zero-order chi connectivity index (χ0) is 15.4. The van der Waals surface area contributed by atoms with Crippen molar-refractivity contribution >= 4 is 5.78 Å². The predicted molar refractivity (Wildman–Crippen MR) is 87.9 cm³/mol. The van der Waals surface area contributed by atoms with Gasteiger partial charge < -0.3 is 0 Å². The van der Waals surface area contributed by atoms with Crippen molar-refractivity contribution in [2.75, 3.05) is 0 Å². The van der Waals surface area contributed by atoms with Crippen LogP contribution in [0.25, 0.3) is 0 Å². The highest BCUT2D eigenvalue weighted by Crippen LogP contribution is 2.33. The van der Waals surface area contributed by atoms with Gasteiger partial charge in [-0.2, -0.15) is 0 Å². The van der Waals surface area contributed by atoms with Gasteiger partial charge in [-0.25, -0.2) is 0 Å². The Morgan fingerprint density at radius 1 is 0.900 bits per heavy atom. The topological polar surface area (TPSA) is 17.1 Å². The highest BCUT2D eigenvalue weighted by molar-refractivity contribution is 5.99. The molecule has 0 aromatic heterocycles. The van der Waals surface area contributed by atoms with E-state index in [9.17, 15) is 4.79 Å². The van der Waals surface area contributed by atoms with Crippen LogP contribution in [0.2, 0.25) is 0 Å². The third kappa shape index (κ3) is 3.71. The van der Waals surface area contributed by atoms with Crippen molar-refractivity contribution in [2.24, 2.45) is 0 Å². The van der Waals surface area contributed by atoms with E-state index in [0.717, 1.165) is 12.0 Å². The van der Waals surface area contributed by atoms with Crippen LogP contribution < -0.4 is 0 Å². The Kier molecular flexibility index (Phi) is 5.98. The summed E-state index contributed by atoms with van der Waals surface area (Å²) in [6.45, 7) is 15.3. The lowest BCUT2D eigenvalue weighted by molar-refractivity contribution is 0.0979. The number of carbonyl (C=O) groups is 1. The fourth-order valence-corrected chi connectivity index (χ4v) is 2.63. The number of carbonyl (C=O) groups excluding carboxylic acids is 1. The van der Waals surface area contributed by atoms with Crippen molar-refractivity contribution in [1.29, 1.82) is 0 Å². The lowest BCUT2D eigenvalue weighted by Crippen LogP contribution is -2.12. The fourth-order valence-electron chi connectivity index (χ4n) is 2.63. The minimum atomic E-state index is 0.315. The molecular formula is C19H30O. The fraction of sp³-hybridized carbons (Fsp3) is 0.632. The molecule has 0 amide bonds. The van der Waals surface area contributed by atoms with E-state index in [4.69, 9.17) is 0 Å². The molecule has 0 spiro atoms. The molecule has 1 nitrogen and oxygen atoms in total. The van der Waals surface area contributed by atoms with E-state index in [2.05, 4.69) is 60.6 Å². The molecule has 0 saturated carbocycles. The second-order valence-corrected chi connectivity index (χ2v) is 6.71. The first-order valence-electron chi connectivity index (χ1n) is 8.00. The lowest BCUT2D eigenvalue weighted by atomic mass is 9.82. The molecule has 1 aromatic carbocycles. The van der Waals surface area contributed by atoms with Gasteiger partial charge in [-0.3, -0.25) is 4.79 Å². The molecule has 112 valence electrons. The Bertz CT molecular complexity index is 438. The van der Waals surface area contributed by atoms with Crippen LogP contribution in [0.1, 0.15) is 106 Å². The van der Waals surface area contributed by atoms with Gasteiger partial charge in [-0.15, -0.1) is 0 Å². The molecule has 0 atom stereocenters. The number of rotatable bonds is 6. The van der Waals surface area contributed by atoms with Gasteiger partial charge in [0, 0.05) is 12.0 Å². The molecule has 0 unspecified atom stereocenters. The number of Topliss-reactive ketones (excluding diaryl/α,β-unsaturated/α-hetero) is 1. The van der Waals surface area contributed by atoms with Crippen molar-refractivity contribution in [3.8, 4) is 0 Å². The third-order valence-electron chi connectivity index (χ3n) is 3.89. The Morgan fingerprint density at radius 2 is 1.35 bits per heavy atom. The summed E-state index contributed by atoms with van der Waals surface area (Å²) in [5.74, 6) is 1.60. The van der Waals surface area contributed by atoms with Crippen LogP contribution in [0.15, 0.2) is 12.1 Å². The van der Waals surface area contributed by atoms with Gasteiger partial charge in [0.1, 0.15) is 0 Å². The van der Waals surface area contributed by atoms with Crippen LogP contribution in [-0.4, -0.2) is 5.78 Å². The molecular weight excluding hydrogens is 244 g/mol. The SMILES string of the molecule is CCCC(=O)c1c(C(C)C)cc(C(C)C)cc1C(C)C. The van der Waals surface area contributed by atoms with Crippen molar-refractivity contribution in [1.82, 2.24) is 0 Å². The van der Waals surface area contributed by atoms with Gasteiger partial charge in [-0.05, 0) is 40.9 Å². The van der Waals surface area contributed by atoms with Gasteiger partial charge in [0.25, 0.3) is 0 Å². The predicted octanol–water partition coefficient (Wildman–Crippen LogP) is 6.04. The molecule has 20 heavy (non-hydrogen) atoms. The van der Waals surface area contributed by atoms with Gasteiger partial charge in [0.2, 0.25) is 0 Å². The standard InChI is InChI=1S/C19H30O/c1-8-9-18(20)19-16(13(4)5)10-15(12(2)3)11-17(19)14(6)7/h10-14H,8-9H2,1-7H3. The van der Waals surface area contributed by atoms with E-state index in [1.165, 1.54) is 16.7 Å². The minimum absolute atomic E-state index is 0.315. The molecule has 1 rings (SSSR count). The summed E-state index contributed by atoms with van der Waals surface area (Å²) in [6, 6.07) is 4.51. The number of hydrogen-bond donors (Lipinski definition) is 0. The van der Waals surface area contributed by atoms with E-state index >= 15 is 0 Å². The lowest BCUT2D eigenvalue weighted by Gasteiger charge is -2.22. The second-order valence-electron chi connectivity index (χ2n) is 6.71. The van der Waals surface area contributed by atoms with Crippen LogP contribution in [0.4, 0.5) is 0 Å². The average molecular weight is 274 g/mol. The van der Waals surface area contributed by atoms with Gasteiger partial charge in [0.15, 0.2) is 5.78 Å². The summed E-state index contributed by atoms with van der Waals surface area (Å²) in [5.41, 5.74) is 4.82. The highest BCUT2D eigenvalue weighted by atomic mass is 16.1. The molecule has 1 heteroatoms. The van der Waals surface area contributed by atoms with Crippen molar-refractivity contribution in [2.45, 2.75) is 79.1 Å². The zero-order valence-corrected chi connectivity index (χ0v) is 14.2. The zero-order valence-electron chi connectivity index (χ0n) is 14.2. The monoisotopic (exact) mass is 274 g/mol. The summed E-state index contributed by atoms with van der Waals surface area (Å²) in [5, 5.41) is 0. The molecule has 0 saturated heterocycles. The molecule has 0 bridgehead atoms. The normalized spacial score (nSPS) is 11.7. The Morgan fingerprint density at radius 3 is 1.65 bits per heavy atom. The summed E-state index contributed by atoms with van der Waals surface area (Å²) >= 11 is 0. The molecule has 0 fully saturated rings. The molecule has 0 N–H and O–H groups in total. The Labute approximate surface area is 124 Å². The van der Waals surface area contributed by atoms with Gasteiger partial charge in [-0.1, -0.05) is 60.6 Å². The molecule has 0 aliphatic rings. The highest BCUT2D eigenvalue weighted by Gasteiger charge is 2.21. The van der Waals surface area contributed by atoms with Crippen LogP contribution in [0, 0.1) is 0 Å². The third-order valence-corrected chi connectivity index (χ3v) is 3.89. The quantitative estimate of drug-likeness (QED) is 0.578. The minimum Gasteiger partial charge on any atom is -0.294 e. The molecule has 0 aliphatic heterocycles. The van der Waals surface area contributed by atoms with Crippen LogP contribution in [-0.2, 0) is 0 Å². The number of ketones is 1. The van der Waals surface area contributed by atoms with Crippen LogP contribution >= 0.6 is 0 Å². The summed E-state index contributed by atoms with van der Waals surface area (Å²) in [7, 11) is 0. The Balaban J connectivity index is 3.55. The maximum atomic E-state index is 12.6.